The lowest BCUT2D eigenvalue weighted by atomic mass is 10.1. The highest BCUT2D eigenvalue weighted by molar-refractivity contribution is 7.98. The molecule has 2 amide bonds. The Bertz CT molecular complexity index is 792. The molecule has 26 heavy (non-hydrogen) atoms. The summed E-state index contributed by atoms with van der Waals surface area (Å²) in [6.45, 7) is 1.03. The standard InChI is InChI=1S/C20H22N2O3S/c1-26-18-4-2-3-16(12-18)21-20(25)15-11-19(24)22(13-15)10-9-14-5-7-17(23)8-6-14/h2-8,12,15,23H,9-11,13H2,1H3,(H,21,25)/t15-/m1/s1. The first-order chi connectivity index (χ1) is 12.5. The van der Waals surface area contributed by atoms with Crippen molar-refractivity contribution in [3.8, 4) is 5.75 Å². The number of carbonyl (C=O) groups is 2. The van der Waals surface area contributed by atoms with Crippen molar-refractivity contribution in [1.82, 2.24) is 4.90 Å². The largest absolute Gasteiger partial charge is 0.508 e. The Kier molecular flexibility index (Phi) is 5.83. The summed E-state index contributed by atoms with van der Waals surface area (Å²) in [4.78, 5) is 27.5. The second-order valence-corrected chi connectivity index (χ2v) is 7.26. The Balaban J connectivity index is 1.54. The van der Waals surface area contributed by atoms with Gasteiger partial charge in [-0.25, -0.2) is 0 Å². The fraction of sp³-hybridized carbons (Fsp3) is 0.300. The summed E-state index contributed by atoms with van der Waals surface area (Å²) in [5.74, 6) is -0.181. The third-order valence-electron chi connectivity index (χ3n) is 4.53. The van der Waals surface area contributed by atoms with Crippen LogP contribution >= 0.6 is 11.8 Å². The van der Waals surface area contributed by atoms with Crippen molar-refractivity contribution < 1.29 is 14.7 Å². The molecule has 136 valence electrons. The number of likely N-dealkylation sites (tertiary alicyclic amines) is 1. The van der Waals surface area contributed by atoms with E-state index in [1.54, 1.807) is 28.8 Å². The Labute approximate surface area is 157 Å². The fourth-order valence-corrected chi connectivity index (χ4v) is 3.50. The second kappa shape index (κ2) is 8.27. The third kappa shape index (κ3) is 4.58. The highest BCUT2D eigenvalue weighted by Crippen LogP contribution is 2.23. The molecule has 0 unspecified atom stereocenters. The molecule has 5 nitrogen and oxygen atoms in total. The molecule has 1 heterocycles. The zero-order chi connectivity index (χ0) is 18.5. The first-order valence-electron chi connectivity index (χ1n) is 8.56. The number of anilines is 1. The monoisotopic (exact) mass is 370 g/mol. The van der Waals surface area contributed by atoms with Gasteiger partial charge in [0, 0.05) is 30.1 Å². The maximum Gasteiger partial charge on any atom is 0.229 e. The van der Waals surface area contributed by atoms with Crippen LogP contribution in [0.5, 0.6) is 5.75 Å². The van der Waals surface area contributed by atoms with Crippen LogP contribution in [0.25, 0.3) is 0 Å². The van der Waals surface area contributed by atoms with Crippen LogP contribution in [0, 0.1) is 5.92 Å². The predicted molar refractivity (Wildman–Crippen MR) is 103 cm³/mol. The Hall–Kier alpha value is -2.47. The summed E-state index contributed by atoms with van der Waals surface area (Å²) in [6.07, 6.45) is 2.95. The van der Waals surface area contributed by atoms with Crippen molar-refractivity contribution in [2.24, 2.45) is 5.92 Å². The van der Waals surface area contributed by atoms with Crippen LogP contribution < -0.4 is 5.32 Å². The molecule has 0 saturated carbocycles. The Morgan fingerprint density at radius 2 is 2.04 bits per heavy atom. The maximum absolute atomic E-state index is 12.5. The van der Waals surface area contributed by atoms with E-state index in [1.165, 1.54) is 0 Å². The lowest BCUT2D eigenvalue weighted by Gasteiger charge is -2.16. The van der Waals surface area contributed by atoms with Crippen LogP contribution in [0.1, 0.15) is 12.0 Å². The number of nitrogens with zero attached hydrogens (tertiary/aromatic N) is 1. The smallest absolute Gasteiger partial charge is 0.229 e. The van der Waals surface area contributed by atoms with Crippen molar-refractivity contribution in [2.45, 2.75) is 17.7 Å². The molecular formula is C20H22N2O3S. The van der Waals surface area contributed by atoms with Crippen LogP contribution in [0.15, 0.2) is 53.4 Å². The van der Waals surface area contributed by atoms with Gasteiger partial charge in [-0.15, -0.1) is 11.8 Å². The highest BCUT2D eigenvalue weighted by Gasteiger charge is 2.34. The number of benzene rings is 2. The van der Waals surface area contributed by atoms with Gasteiger partial charge in [-0.2, -0.15) is 0 Å². The van der Waals surface area contributed by atoms with Gasteiger partial charge in [0.2, 0.25) is 11.8 Å². The van der Waals surface area contributed by atoms with E-state index in [4.69, 9.17) is 0 Å². The molecule has 0 radical (unpaired) electrons. The molecule has 0 bridgehead atoms. The number of thioether (sulfide) groups is 1. The summed E-state index contributed by atoms with van der Waals surface area (Å²) >= 11 is 1.62. The van der Waals surface area contributed by atoms with Crippen LogP contribution in [0.2, 0.25) is 0 Å². The first-order valence-corrected chi connectivity index (χ1v) is 9.78. The first kappa shape index (κ1) is 18.3. The van der Waals surface area contributed by atoms with E-state index in [1.807, 2.05) is 42.7 Å². The van der Waals surface area contributed by atoms with E-state index in [0.29, 0.717) is 19.5 Å². The highest BCUT2D eigenvalue weighted by atomic mass is 32.2. The van der Waals surface area contributed by atoms with Crippen LogP contribution in [0.4, 0.5) is 5.69 Å². The van der Waals surface area contributed by atoms with Gasteiger partial charge in [0.05, 0.1) is 5.92 Å². The minimum Gasteiger partial charge on any atom is -0.508 e. The average molecular weight is 370 g/mol. The van der Waals surface area contributed by atoms with Gasteiger partial charge in [-0.1, -0.05) is 18.2 Å². The molecule has 2 aromatic rings. The number of hydrogen-bond acceptors (Lipinski definition) is 4. The zero-order valence-corrected chi connectivity index (χ0v) is 15.5. The van der Waals surface area contributed by atoms with Crippen LogP contribution in [0.3, 0.4) is 0 Å². The Morgan fingerprint density at radius 1 is 1.27 bits per heavy atom. The third-order valence-corrected chi connectivity index (χ3v) is 5.25. The number of nitrogens with one attached hydrogen (secondary N) is 1. The zero-order valence-electron chi connectivity index (χ0n) is 14.6. The van der Waals surface area contributed by atoms with E-state index >= 15 is 0 Å². The lowest BCUT2D eigenvalue weighted by Crippen LogP contribution is -2.30. The molecule has 6 heteroatoms. The van der Waals surface area contributed by atoms with Gasteiger partial charge in [-0.05, 0) is 48.6 Å². The minimum absolute atomic E-state index is 0.0155. The molecule has 1 atom stereocenters. The van der Waals surface area contributed by atoms with Crippen molar-refractivity contribution in [3.05, 3.63) is 54.1 Å². The molecular weight excluding hydrogens is 348 g/mol. The summed E-state index contributed by atoms with van der Waals surface area (Å²) in [6, 6.07) is 14.7. The molecule has 1 fully saturated rings. The van der Waals surface area contributed by atoms with E-state index in [9.17, 15) is 14.7 Å². The van der Waals surface area contributed by atoms with Crippen molar-refractivity contribution in [2.75, 3.05) is 24.7 Å². The molecule has 1 saturated heterocycles. The SMILES string of the molecule is CSc1cccc(NC(=O)[C@@H]2CC(=O)N(CCc3ccc(O)cc3)C2)c1. The van der Waals surface area contributed by atoms with Gasteiger partial charge < -0.3 is 15.3 Å². The fourth-order valence-electron chi connectivity index (χ4n) is 3.04. The van der Waals surface area contributed by atoms with E-state index in [2.05, 4.69) is 5.32 Å². The molecule has 2 N–H and O–H groups in total. The van der Waals surface area contributed by atoms with Crippen molar-refractivity contribution >= 4 is 29.3 Å². The normalized spacial score (nSPS) is 16.7. The van der Waals surface area contributed by atoms with Gasteiger partial charge in [0.1, 0.15) is 5.75 Å². The number of phenols is 1. The van der Waals surface area contributed by atoms with Crippen LogP contribution in [-0.2, 0) is 16.0 Å². The molecule has 0 aliphatic carbocycles. The Morgan fingerprint density at radius 3 is 2.77 bits per heavy atom. The van der Waals surface area contributed by atoms with E-state index < -0.39 is 0 Å². The maximum atomic E-state index is 12.5. The van der Waals surface area contributed by atoms with Crippen LogP contribution in [-0.4, -0.2) is 41.2 Å². The predicted octanol–water partition coefficient (Wildman–Crippen LogP) is 3.14. The molecule has 0 spiro atoms. The van der Waals surface area contributed by atoms with Crippen molar-refractivity contribution in [3.63, 3.8) is 0 Å². The molecule has 1 aliphatic heterocycles. The van der Waals surface area contributed by atoms with Crippen molar-refractivity contribution in [1.29, 1.82) is 0 Å². The molecule has 1 aliphatic rings. The van der Waals surface area contributed by atoms with Gasteiger partial charge in [-0.3, -0.25) is 9.59 Å². The molecule has 2 aromatic carbocycles. The van der Waals surface area contributed by atoms with E-state index in [0.717, 1.165) is 16.1 Å². The minimum atomic E-state index is -0.319. The number of carbonyl (C=O) groups excluding carboxylic acids is 2. The quantitative estimate of drug-likeness (QED) is 0.767. The number of aromatic hydroxyl groups is 1. The summed E-state index contributed by atoms with van der Waals surface area (Å²) in [7, 11) is 0. The molecule has 0 aromatic heterocycles. The topological polar surface area (TPSA) is 69.6 Å². The lowest BCUT2D eigenvalue weighted by molar-refractivity contribution is -0.128. The number of amides is 2. The number of hydrogen-bond donors (Lipinski definition) is 2. The van der Waals surface area contributed by atoms with Gasteiger partial charge in [0.25, 0.3) is 0 Å². The second-order valence-electron chi connectivity index (χ2n) is 6.38. The van der Waals surface area contributed by atoms with Gasteiger partial charge in [0.15, 0.2) is 0 Å². The van der Waals surface area contributed by atoms with Gasteiger partial charge >= 0.3 is 0 Å². The van der Waals surface area contributed by atoms with E-state index in [-0.39, 0.29) is 29.9 Å². The summed E-state index contributed by atoms with van der Waals surface area (Å²) in [5, 5.41) is 12.2. The average Bonchev–Trinajstić information content (AvgIpc) is 3.02. The number of phenolic OH excluding ortho intramolecular Hbond substituents is 1. The molecule has 3 rings (SSSR count). The summed E-state index contributed by atoms with van der Waals surface area (Å²) < 4.78 is 0. The number of rotatable bonds is 6. The summed E-state index contributed by atoms with van der Waals surface area (Å²) in [5.41, 5.74) is 1.81.